The van der Waals surface area contributed by atoms with Crippen molar-refractivity contribution in [2.75, 3.05) is 36.4 Å². The van der Waals surface area contributed by atoms with E-state index in [-0.39, 0.29) is 12.8 Å². The fourth-order valence-electron chi connectivity index (χ4n) is 3.63. The lowest BCUT2D eigenvalue weighted by molar-refractivity contribution is -0.197. The van der Waals surface area contributed by atoms with Crippen LogP contribution in [0.4, 0.5) is 24.7 Å². The molecular formula is C17H23F3N4O. The summed E-state index contributed by atoms with van der Waals surface area (Å²) < 4.78 is 39.4. The number of amides is 1. The minimum Gasteiger partial charge on any atom is -0.368 e. The zero-order valence-electron chi connectivity index (χ0n) is 14.0. The number of pyridine rings is 1. The average Bonchev–Trinajstić information content (AvgIpc) is 2.62. The molecular weight excluding hydrogens is 333 g/mol. The lowest BCUT2D eigenvalue weighted by Gasteiger charge is -2.32. The van der Waals surface area contributed by atoms with Crippen LogP contribution in [0.1, 0.15) is 25.7 Å². The summed E-state index contributed by atoms with van der Waals surface area (Å²) in [6.45, 7) is 3.56. The minimum atomic E-state index is -4.33. The van der Waals surface area contributed by atoms with Crippen LogP contribution in [0.15, 0.2) is 18.3 Å². The van der Waals surface area contributed by atoms with Gasteiger partial charge in [-0.15, -0.1) is 0 Å². The van der Waals surface area contributed by atoms with Crippen LogP contribution in [-0.4, -0.2) is 43.2 Å². The summed E-state index contributed by atoms with van der Waals surface area (Å²) in [7, 11) is 0. The molecule has 1 saturated heterocycles. The Morgan fingerprint density at radius 2 is 1.92 bits per heavy atom. The van der Waals surface area contributed by atoms with E-state index in [1.807, 2.05) is 6.07 Å². The minimum absolute atomic E-state index is 0.0248. The zero-order chi connectivity index (χ0) is 17.9. The molecule has 2 fully saturated rings. The number of rotatable bonds is 3. The first-order valence-electron chi connectivity index (χ1n) is 8.74. The number of alkyl halides is 3. The molecule has 0 radical (unpaired) electrons. The quantitative estimate of drug-likeness (QED) is 0.874. The summed E-state index contributed by atoms with van der Waals surface area (Å²) >= 11 is 0. The van der Waals surface area contributed by atoms with Crippen molar-refractivity contribution < 1.29 is 18.0 Å². The van der Waals surface area contributed by atoms with Crippen molar-refractivity contribution in [2.45, 2.75) is 31.9 Å². The molecule has 2 heterocycles. The Kier molecular flexibility index (Phi) is 5.46. The summed E-state index contributed by atoms with van der Waals surface area (Å²) in [6, 6.07) is 3.50. The number of hydrogen-bond acceptors (Lipinski definition) is 4. The summed E-state index contributed by atoms with van der Waals surface area (Å²) in [5.41, 5.74) is 0.949. The third-order valence-electron chi connectivity index (χ3n) is 5.00. The van der Waals surface area contributed by atoms with Crippen molar-refractivity contribution in [3.63, 3.8) is 0 Å². The molecule has 1 amide bonds. The Labute approximate surface area is 145 Å². The number of nitrogens with one attached hydrogen (secondary N) is 2. The van der Waals surface area contributed by atoms with Crippen LogP contribution in [0.5, 0.6) is 0 Å². The molecule has 0 bridgehead atoms. The molecule has 1 aliphatic carbocycles. The Morgan fingerprint density at radius 1 is 1.20 bits per heavy atom. The van der Waals surface area contributed by atoms with Gasteiger partial charge in [-0.3, -0.25) is 4.79 Å². The van der Waals surface area contributed by atoms with Crippen molar-refractivity contribution in [1.82, 2.24) is 10.3 Å². The molecule has 1 aliphatic heterocycles. The molecule has 138 valence electrons. The van der Waals surface area contributed by atoms with Gasteiger partial charge in [-0.25, -0.2) is 4.98 Å². The fourth-order valence-corrected chi connectivity index (χ4v) is 3.63. The highest BCUT2D eigenvalue weighted by atomic mass is 19.4. The second-order valence-electron chi connectivity index (χ2n) is 6.67. The topological polar surface area (TPSA) is 57.3 Å². The smallest absolute Gasteiger partial charge is 0.368 e. The van der Waals surface area contributed by atoms with Gasteiger partial charge in [-0.05, 0) is 25.0 Å². The first-order valence-corrected chi connectivity index (χ1v) is 8.74. The molecule has 0 aromatic carbocycles. The van der Waals surface area contributed by atoms with Gasteiger partial charge in [0.25, 0.3) is 0 Å². The first-order chi connectivity index (χ1) is 11.9. The second-order valence-corrected chi connectivity index (χ2v) is 6.67. The van der Waals surface area contributed by atoms with Gasteiger partial charge in [0, 0.05) is 32.1 Å². The summed E-state index contributed by atoms with van der Waals surface area (Å²) in [5, 5.41) is 5.83. The molecule has 5 nitrogen and oxygen atoms in total. The molecule has 1 saturated carbocycles. The maximum absolute atomic E-state index is 13.1. The van der Waals surface area contributed by atoms with Crippen LogP contribution < -0.4 is 15.5 Å². The van der Waals surface area contributed by atoms with Gasteiger partial charge in [0.1, 0.15) is 5.82 Å². The molecule has 1 aromatic heterocycles. The Hall–Kier alpha value is -1.83. The number of nitrogens with zero attached hydrogens (tertiary/aromatic N) is 2. The molecule has 2 aliphatic rings. The average molecular weight is 356 g/mol. The highest BCUT2D eigenvalue weighted by Crippen LogP contribution is 2.41. The van der Waals surface area contributed by atoms with E-state index in [1.54, 1.807) is 12.3 Å². The number of anilines is 2. The van der Waals surface area contributed by atoms with E-state index < -0.39 is 23.9 Å². The van der Waals surface area contributed by atoms with Crippen LogP contribution in [0, 0.1) is 11.8 Å². The van der Waals surface area contributed by atoms with Crippen LogP contribution in [-0.2, 0) is 4.79 Å². The standard InChI is InChI=1S/C17H23F3N4O/c18-17(19,20)14-4-2-1-3-13(14)16(25)23-15-6-5-12(11-22-15)24-9-7-21-8-10-24/h5-6,11,13-14,21H,1-4,7-10H2,(H,22,23,25). The van der Waals surface area contributed by atoms with Gasteiger partial charge in [-0.2, -0.15) is 13.2 Å². The first kappa shape index (κ1) is 18.0. The Bertz CT molecular complexity index is 585. The lowest BCUT2D eigenvalue weighted by Crippen LogP contribution is -2.43. The van der Waals surface area contributed by atoms with Gasteiger partial charge >= 0.3 is 6.18 Å². The van der Waals surface area contributed by atoms with E-state index in [2.05, 4.69) is 20.5 Å². The Morgan fingerprint density at radius 3 is 2.56 bits per heavy atom. The maximum Gasteiger partial charge on any atom is 0.392 e. The van der Waals surface area contributed by atoms with Crippen LogP contribution in [0.2, 0.25) is 0 Å². The normalized spacial score (nSPS) is 24.8. The van der Waals surface area contributed by atoms with Gasteiger partial charge in [0.05, 0.1) is 17.8 Å². The van der Waals surface area contributed by atoms with Crippen molar-refractivity contribution >= 4 is 17.4 Å². The highest BCUT2D eigenvalue weighted by molar-refractivity contribution is 5.92. The molecule has 2 N–H and O–H groups in total. The predicted molar refractivity (Wildman–Crippen MR) is 89.5 cm³/mol. The van der Waals surface area contributed by atoms with E-state index in [1.165, 1.54) is 0 Å². The Balaban J connectivity index is 1.63. The molecule has 8 heteroatoms. The number of aromatic nitrogens is 1. The molecule has 25 heavy (non-hydrogen) atoms. The molecule has 3 rings (SSSR count). The lowest BCUT2D eigenvalue weighted by atomic mass is 9.78. The maximum atomic E-state index is 13.1. The summed E-state index contributed by atoms with van der Waals surface area (Å²) in [4.78, 5) is 18.7. The summed E-state index contributed by atoms with van der Waals surface area (Å²) in [6.07, 6.45) is -1.21. The fraction of sp³-hybridized carbons (Fsp3) is 0.647. The van der Waals surface area contributed by atoms with Crippen molar-refractivity contribution in [1.29, 1.82) is 0 Å². The van der Waals surface area contributed by atoms with Gasteiger partial charge in [0.15, 0.2) is 0 Å². The van der Waals surface area contributed by atoms with Crippen molar-refractivity contribution in [3.8, 4) is 0 Å². The van der Waals surface area contributed by atoms with E-state index in [4.69, 9.17) is 0 Å². The number of halogens is 3. The second kappa shape index (κ2) is 7.59. The van der Waals surface area contributed by atoms with E-state index >= 15 is 0 Å². The summed E-state index contributed by atoms with van der Waals surface area (Å²) in [5.74, 6) is -2.86. The van der Waals surface area contributed by atoms with E-state index in [0.717, 1.165) is 31.9 Å². The molecule has 0 spiro atoms. The number of piperazine rings is 1. The van der Waals surface area contributed by atoms with Crippen LogP contribution in [0.25, 0.3) is 0 Å². The number of carbonyl (C=O) groups excluding carboxylic acids is 1. The van der Waals surface area contributed by atoms with Gasteiger partial charge < -0.3 is 15.5 Å². The van der Waals surface area contributed by atoms with E-state index in [0.29, 0.717) is 18.7 Å². The van der Waals surface area contributed by atoms with Crippen LogP contribution in [0.3, 0.4) is 0 Å². The third kappa shape index (κ3) is 4.42. The van der Waals surface area contributed by atoms with Crippen LogP contribution >= 0.6 is 0 Å². The SMILES string of the molecule is O=C(Nc1ccc(N2CCNCC2)cn1)C1CCCCC1C(F)(F)F. The highest BCUT2D eigenvalue weighted by Gasteiger charge is 2.48. The zero-order valence-corrected chi connectivity index (χ0v) is 14.0. The van der Waals surface area contributed by atoms with Crippen molar-refractivity contribution in [3.05, 3.63) is 18.3 Å². The largest absolute Gasteiger partial charge is 0.392 e. The number of hydrogen-bond donors (Lipinski definition) is 2. The molecule has 1 aromatic rings. The van der Waals surface area contributed by atoms with Gasteiger partial charge in [0.2, 0.25) is 5.91 Å². The molecule has 2 unspecified atom stereocenters. The number of carbonyl (C=O) groups is 1. The predicted octanol–water partition coefficient (Wildman–Crippen LogP) is 2.80. The van der Waals surface area contributed by atoms with Crippen molar-refractivity contribution in [2.24, 2.45) is 11.8 Å². The third-order valence-corrected chi connectivity index (χ3v) is 5.00. The van der Waals surface area contributed by atoms with E-state index in [9.17, 15) is 18.0 Å². The van der Waals surface area contributed by atoms with Gasteiger partial charge in [-0.1, -0.05) is 12.8 Å². The monoisotopic (exact) mass is 356 g/mol. The molecule has 2 atom stereocenters.